The molecule has 10 heavy (non-hydrogen) atoms. The third-order valence-corrected chi connectivity index (χ3v) is 2.55. The van der Waals surface area contributed by atoms with Gasteiger partial charge in [0.05, 0.1) is 0 Å². The van der Waals surface area contributed by atoms with E-state index in [4.69, 9.17) is 0 Å². The first kappa shape index (κ1) is 5.98. The van der Waals surface area contributed by atoms with Gasteiger partial charge in [0, 0.05) is 23.7 Å². The lowest BCUT2D eigenvalue weighted by atomic mass is 10.2. The van der Waals surface area contributed by atoms with Crippen LogP contribution >= 0.6 is 11.8 Å². The number of aromatic nitrogens is 1. The first-order valence-electron chi connectivity index (χ1n) is 3.15. The number of hydrogen-bond acceptors (Lipinski definition) is 2. The summed E-state index contributed by atoms with van der Waals surface area (Å²) >= 11 is 1.76. The van der Waals surface area contributed by atoms with E-state index in [2.05, 4.69) is 11.6 Å². The van der Waals surface area contributed by atoms with Gasteiger partial charge in [0.15, 0.2) is 0 Å². The fourth-order valence-corrected chi connectivity index (χ4v) is 1.97. The van der Waals surface area contributed by atoms with E-state index in [1.54, 1.807) is 11.8 Å². The van der Waals surface area contributed by atoms with Crippen LogP contribution in [0.25, 0.3) is 0 Å². The van der Waals surface area contributed by atoms with Crippen molar-refractivity contribution in [2.75, 3.05) is 0 Å². The number of hydrogen-bond donors (Lipinski definition) is 0. The minimum absolute atomic E-state index is 0.994. The van der Waals surface area contributed by atoms with E-state index < -0.39 is 0 Å². The van der Waals surface area contributed by atoms with Gasteiger partial charge >= 0.3 is 0 Å². The van der Waals surface area contributed by atoms with E-state index in [0.717, 1.165) is 6.42 Å². The Hall–Kier alpha value is -0.760. The molecule has 0 aliphatic carbocycles. The van der Waals surface area contributed by atoms with Crippen LogP contribution in [-0.4, -0.2) is 4.98 Å². The zero-order chi connectivity index (χ0) is 6.97. The molecule has 1 aliphatic rings. The first-order chi connectivity index (χ1) is 4.86. The minimum Gasteiger partial charge on any atom is -0.264 e. The summed E-state index contributed by atoms with van der Waals surface area (Å²) in [7, 11) is 0. The maximum absolute atomic E-state index is 4.04. The molecule has 2 rings (SSSR count). The standard InChI is InChI=1S/C8H7NS/c1-6-4-7-5-9-3-2-8(7)10-6/h2-3,5H,1,4H2. The summed E-state index contributed by atoms with van der Waals surface area (Å²) in [6.07, 6.45) is 4.73. The molecule has 2 heteroatoms. The van der Waals surface area contributed by atoms with Crippen molar-refractivity contribution in [3.05, 3.63) is 35.5 Å². The minimum atomic E-state index is 0.994. The maximum Gasteiger partial charge on any atom is 0.0314 e. The summed E-state index contributed by atoms with van der Waals surface area (Å²) < 4.78 is 0. The SMILES string of the molecule is C=C1Cc2cnccc2S1. The van der Waals surface area contributed by atoms with Crippen molar-refractivity contribution in [1.29, 1.82) is 0 Å². The smallest absolute Gasteiger partial charge is 0.0314 e. The predicted molar refractivity (Wildman–Crippen MR) is 42.9 cm³/mol. The van der Waals surface area contributed by atoms with E-state index >= 15 is 0 Å². The average Bonchev–Trinajstić information content (AvgIpc) is 2.27. The van der Waals surface area contributed by atoms with Crippen molar-refractivity contribution in [2.45, 2.75) is 11.3 Å². The summed E-state index contributed by atoms with van der Waals surface area (Å²) in [6, 6.07) is 2.04. The first-order valence-corrected chi connectivity index (χ1v) is 3.96. The molecule has 0 saturated carbocycles. The van der Waals surface area contributed by atoms with E-state index in [1.165, 1.54) is 15.4 Å². The lowest BCUT2D eigenvalue weighted by Gasteiger charge is -1.90. The Kier molecular flexibility index (Phi) is 1.27. The Balaban J connectivity index is 2.51. The molecule has 50 valence electrons. The van der Waals surface area contributed by atoms with Gasteiger partial charge in [-0.25, -0.2) is 0 Å². The third-order valence-electron chi connectivity index (χ3n) is 1.50. The van der Waals surface area contributed by atoms with Gasteiger partial charge in [-0.3, -0.25) is 4.98 Å². The van der Waals surface area contributed by atoms with Crippen LogP contribution in [0.3, 0.4) is 0 Å². The van der Waals surface area contributed by atoms with E-state index in [-0.39, 0.29) is 0 Å². The fraction of sp³-hybridized carbons (Fsp3) is 0.125. The third kappa shape index (κ3) is 0.847. The lowest BCUT2D eigenvalue weighted by molar-refractivity contribution is 1.14. The summed E-state index contributed by atoms with van der Waals surface area (Å²) in [4.78, 5) is 6.58. The molecule has 0 bridgehead atoms. The molecule has 0 aromatic carbocycles. The van der Waals surface area contributed by atoms with E-state index in [1.807, 2.05) is 18.5 Å². The van der Waals surface area contributed by atoms with Crippen molar-refractivity contribution in [3.63, 3.8) is 0 Å². The Bertz CT molecular complexity index is 253. The normalized spacial score (nSPS) is 15.4. The molecule has 0 saturated heterocycles. The second-order valence-electron chi connectivity index (χ2n) is 2.30. The Morgan fingerprint density at radius 3 is 3.30 bits per heavy atom. The van der Waals surface area contributed by atoms with Gasteiger partial charge in [-0.2, -0.15) is 0 Å². The van der Waals surface area contributed by atoms with Crippen LogP contribution in [0, 0.1) is 0 Å². The molecule has 0 spiro atoms. The number of pyridine rings is 1. The van der Waals surface area contributed by atoms with Gasteiger partial charge in [0.25, 0.3) is 0 Å². The fourth-order valence-electron chi connectivity index (χ4n) is 1.05. The molecule has 1 nitrogen and oxygen atoms in total. The number of allylic oxidation sites excluding steroid dienone is 1. The highest BCUT2D eigenvalue weighted by atomic mass is 32.2. The summed E-state index contributed by atoms with van der Waals surface area (Å²) in [5, 5.41) is 0. The van der Waals surface area contributed by atoms with Crippen LogP contribution in [0.5, 0.6) is 0 Å². The summed E-state index contributed by atoms with van der Waals surface area (Å²) in [5.41, 5.74) is 1.32. The molecule has 0 fully saturated rings. The lowest BCUT2D eigenvalue weighted by Crippen LogP contribution is -1.79. The molecule has 0 amide bonds. The second-order valence-corrected chi connectivity index (χ2v) is 3.52. The van der Waals surface area contributed by atoms with Gasteiger partial charge in [0.1, 0.15) is 0 Å². The summed E-state index contributed by atoms with van der Waals surface area (Å²) in [5.74, 6) is 0. The van der Waals surface area contributed by atoms with Gasteiger partial charge < -0.3 is 0 Å². The average molecular weight is 149 g/mol. The zero-order valence-corrected chi connectivity index (χ0v) is 6.32. The van der Waals surface area contributed by atoms with Crippen molar-refractivity contribution >= 4 is 11.8 Å². The van der Waals surface area contributed by atoms with Gasteiger partial charge in [0.2, 0.25) is 0 Å². The number of rotatable bonds is 0. The topological polar surface area (TPSA) is 12.9 Å². The van der Waals surface area contributed by atoms with E-state index in [0.29, 0.717) is 0 Å². The molecule has 1 aliphatic heterocycles. The molecule has 0 N–H and O–H groups in total. The highest BCUT2D eigenvalue weighted by Crippen LogP contribution is 2.37. The number of thioether (sulfide) groups is 1. The Morgan fingerprint density at radius 1 is 1.60 bits per heavy atom. The largest absolute Gasteiger partial charge is 0.264 e. The van der Waals surface area contributed by atoms with Crippen LogP contribution in [0.1, 0.15) is 5.56 Å². The van der Waals surface area contributed by atoms with Crippen LogP contribution in [0.2, 0.25) is 0 Å². The van der Waals surface area contributed by atoms with Crippen LogP contribution < -0.4 is 0 Å². The molecule has 1 aromatic heterocycles. The van der Waals surface area contributed by atoms with Crippen LogP contribution in [-0.2, 0) is 6.42 Å². The Morgan fingerprint density at radius 2 is 2.50 bits per heavy atom. The molecular formula is C8H7NS. The predicted octanol–water partition coefficient (Wildman–Crippen LogP) is 2.24. The van der Waals surface area contributed by atoms with E-state index in [9.17, 15) is 0 Å². The molecule has 1 aromatic rings. The molecule has 0 atom stereocenters. The molecule has 0 unspecified atom stereocenters. The van der Waals surface area contributed by atoms with Crippen molar-refractivity contribution in [2.24, 2.45) is 0 Å². The van der Waals surface area contributed by atoms with Crippen LogP contribution in [0.4, 0.5) is 0 Å². The van der Waals surface area contributed by atoms with Crippen molar-refractivity contribution in [3.8, 4) is 0 Å². The monoisotopic (exact) mass is 149 g/mol. The molecular weight excluding hydrogens is 142 g/mol. The molecule has 2 heterocycles. The van der Waals surface area contributed by atoms with Crippen molar-refractivity contribution in [1.82, 2.24) is 4.98 Å². The second kappa shape index (κ2) is 2.13. The Labute approximate surface area is 64.2 Å². The highest BCUT2D eigenvalue weighted by Gasteiger charge is 2.13. The van der Waals surface area contributed by atoms with Gasteiger partial charge in [-0.05, 0) is 16.5 Å². The molecule has 0 radical (unpaired) electrons. The quantitative estimate of drug-likeness (QED) is 0.561. The van der Waals surface area contributed by atoms with Crippen molar-refractivity contribution < 1.29 is 0 Å². The van der Waals surface area contributed by atoms with Gasteiger partial charge in [-0.1, -0.05) is 18.3 Å². The number of fused-ring (bicyclic) bond motifs is 1. The highest BCUT2D eigenvalue weighted by molar-refractivity contribution is 8.03. The number of nitrogens with zero attached hydrogens (tertiary/aromatic N) is 1. The van der Waals surface area contributed by atoms with Crippen LogP contribution in [0.15, 0.2) is 34.8 Å². The maximum atomic E-state index is 4.04. The van der Waals surface area contributed by atoms with Gasteiger partial charge in [-0.15, -0.1) is 0 Å². The zero-order valence-electron chi connectivity index (χ0n) is 5.50. The summed E-state index contributed by atoms with van der Waals surface area (Å²) in [6.45, 7) is 3.90.